The minimum Gasteiger partial charge on any atom is -0.330 e. The van der Waals surface area contributed by atoms with Crippen LogP contribution in [0.25, 0.3) is 0 Å². The van der Waals surface area contributed by atoms with Gasteiger partial charge in [0.05, 0.1) is 0 Å². The normalized spacial score (nSPS) is 26.4. The molecule has 0 saturated heterocycles. The van der Waals surface area contributed by atoms with Crippen LogP contribution in [0.4, 0.5) is 0 Å². The Morgan fingerprint density at radius 1 is 1.40 bits per heavy atom. The summed E-state index contributed by atoms with van der Waals surface area (Å²) in [5.41, 5.74) is 9.48. The fraction of sp³-hybridized carbons (Fsp3) is 0.538. The van der Waals surface area contributed by atoms with Gasteiger partial charge in [0.15, 0.2) is 0 Å². The van der Waals surface area contributed by atoms with E-state index >= 15 is 0 Å². The number of hydrogen-bond donors (Lipinski definition) is 1. The first-order chi connectivity index (χ1) is 7.28. The lowest BCUT2D eigenvalue weighted by molar-refractivity contribution is 0.360. The lowest BCUT2D eigenvalue weighted by atomic mass is 9.72. The van der Waals surface area contributed by atoms with Crippen LogP contribution in [0.3, 0.4) is 0 Å². The van der Waals surface area contributed by atoms with Gasteiger partial charge in [-0.1, -0.05) is 28.1 Å². The van der Waals surface area contributed by atoms with Crippen LogP contribution in [0, 0.1) is 5.92 Å². The maximum absolute atomic E-state index is 5.91. The first kappa shape index (κ1) is 9.86. The molecule has 1 unspecified atom stereocenters. The van der Waals surface area contributed by atoms with E-state index in [1.807, 2.05) is 0 Å². The largest absolute Gasteiger partial charge is 0.330 e. The Kier molecular flexibility index (Phi) is 2.18. The molecule has 0 aromatic heterocycles. The second-order valence-electron chi connectivity index (χ2n) is 4.90. The van der Waals surface area contributed by atoms with Gasteiger partial charge in [0.2, 0.25) is 0 Å². The van der Waals surface area contributed by atoms with Gasteiger partial charge in [-0.05, 0) is 55.3 Å². The van der Waals surface area contributed by atoms with Crippen molar-refractivity contribution in [1.29, 1.82) is 0 Å². The molecule has 0 aliphatic heterocycles. The lowest BCUT2D eigenvalue weighted by Crippen LogP contribution is -2.33. The molecule has 80 valence electrons. The van der Waals surface area contributed by atoms with Gasteiger partial charge in [-0.2, -0.15) is 0 Å². The lowest BCUT2D eigenvalue weighted by Gasteiger charge is -2.34. The molecule has 0 heterocycles. The van der Waals surface area contributed by atoms with Crippen molar-refractivity contribution in [2.24, 2.45) is 11.7 Å². The number of nitrogens with two attached hydrogens (primary N) is 1. The van der Waals surface area contributed by atoms with Crippen LogP contribution in [0.2, 0.25) is 0 Å². The molecule has 3 rings (SSSR count). The van der Waals surface area contributed by atoms with Gasteiger partial charge < -0.3 is 5.73 Å². The summed E-state index contributed by atoms with van der Waals surface area (Å²) >= 11 is 3.71. The monoisotopic (exact) mass is 265 g/mol. The highest BCUT2D eigenvalue weighted by molar-refractivity contribution is 9.10. The topological polar surface area (TPSA) is 26.0 Å². The van der Waals surface area contributed by atoms with Gasteiger partial charge in [0, 0.05) is 9.89 Å². The average molecular weight is 266 g/mol. The van der Waals surface area contributed by atoms with E-state index in [1.165, 1.54) is 30.2 Å². The molecule has 2 aliphatic carbocycles. The molecule has 2 heteroatoms. The molecule has 1 fully saturated rings. The first-order valence-corrected chi connectivity index (χ1v) is 6.55. The molecule has 15 heavy (non-hydrogen) atoms. The molecule has 1 aromatic carbocycles. The molecule has 0 amide bonds. The third-order valence-electron chi connectivity index (χ3n) is 4.21. The predicted octanol–water partition coefficient (Wildman–Crippen LogP) is 3.00. The third-order valence-corrected chi connectivity index (χ3v) is 4.88. The number of hydrogen-bond acceptors (Lipinski definition) is 1. The molecule has 2 aliphatic rings. The first-order valence-electron chi connectivity index (χ1n) is 5.76. The SMILES string of the molecule is NCC1CCc2cccc(Br)c2C12CC2. The van der Waals surface area contributed by atoms with Crippen LogP contribution < -0.4 is 5.73 Å². The van der Waals surface area contributed by atoms with E-state index in [0.717, 1.165) is 6.54 Å². The number of benzene rings is 1. The van der Waals surface area contributed by atoms with Gasteiger partial charge in [-0.3, -0.25) is 0 Å². The predicted molar refractivity (Wildman–Crippen MR) is 65.9 cm³/mol. The summed E-state index contributed by atoms with van der Waals surface area (Å²) in [5.74, 6) is 0.712. The molecule has 0 bridgehead atoms. The number of fused-ring (bicyclic) bond motifs is 2. The summed E-state index contributed by atoms with van der Waals surface area (Å²) in [5, 5.41) is 0. The summed E-state index contributed by atoms with van der Waals surface area (Å²) < 4.78 is 1.30. The fourth-order valence-electron chi connectivity index (χ4n) is 3.28. The quantitative estimate of drug-likeness (QED) is 0.830. The van der Waals surface area contributed by atoms with Crippen molar-refractivity contribution in [2.75, 3.05) is 6.54 Å². The van der Waals surface area contributed by atoms with Gasteiger partial charge in [-0.15, -0.1) is 0 Å². The highest BCUT2D eigenvalue weighted by Gasteiger charge is 2.53. The highest BCUT2D eigenvalue weighted by Crippen LogP contribution is 2.59. The van der Waals surface area contributed by atoms with Crippen molar-refractivity contribution in [3.8, 4) is 0 Å². The Morgan fingerprint density at radius 3 is 2.87 bits per heavy atom. The van der Waals surface area contributed by atoms with Gasteiger partial charge in [0.1, 0.15) is 0 Å². The van der Waals surface area contributed by atoms with Crippen molar-refractivity contribution in [2.45, 2.75) is 31.1 Å². The van der Waals surface area contributed by atoms with Crippen LogP contribution in [-0.4, -0.2) is 6.54 Å². The summed E-state index contributed by atoms with van der Waals surface area (Å²) in [6.45, 7) is 0.848. The van der Waals surface area contributed by atoms with Crippen molar-refractivity contribution in [1.82, 2.24) is 0 Å². The van der Waals surface area contributed by atoms with E-state index in [9.17, 15) is 0 Å². The summed E-state index contributed by atoms with van der Waals surface area (Å²) in [6.07, 6.45) is 5.16. The molecule has 0 radical (unpaired) electrons. The second kappa shape index (κ2) is 3.33. The van der Waals surface area contributed by atoms with E-state index in [2.05, 4.69) is 34.1 Å². The van der Waals surface area contributed by atoms with E-state index in [4.69, 9.17) is 5.73 Å². The Bertz CT molecular complexity index is 396. The zero-order chi connectivity index (χ0) is 10.5. The Morgan fingerprint density at radius 2 is 2.20 bits per heavy atom. The molecule has 1 saturated carbocycles. The smallest absolute Gasteiger partial charge is 0.0215 e. The van der Waals surface area contributed by atoms with Crippen molar-refractivity contribution >= 4 is 15.9 Å². The number of halogens is 1. The molecule has 1 atom stereocenters. The molecule has 1 nitrogen and oxygen atoms in total. The Hall–Kier alpha value is -0.340. The third kappa shape index (κ3) is 1.31. The summed E-state index contributed by atoms with van der Waals surface area (Å²) in [6, 6.07) is 6.62. The molecule has 1 spiro atoms. The molecular weight excluding hydrogens is 250 g/mol. The van der Waals surface area contributed by atoms with E-state index in [0.29, 0.717) is 11.3 Å². The molecule has 2 N–H and O–H groups in total. The van der Waals surface area contributed by atoms with Gasteiger partial charge in [0.25, 0.3) is 0 Å². The van der Waals surface area contributed by atoms with Crippen molar-refractivity contribution in [3.63, 3.8) is 0 Å². The maximum Gasteiger partial charge on any atom is 0.0215 e. The van der Waals surface area contributed by atoms with E-state index < -0.39 is 0 Å². The highest BCUT2D eigenvalue weighted by atomic mass is 79.9. The van der Waals surface area contributed by atoms with Crippen LogP contribution >= 0.6 is 15.9 Å². The fourth-order valence-corrected chi connectivity index (χ4v) is 4.08. The van der Waals surface area contributed by atoms with Gasteiger partial charge in [-0.25, -0.2) is 0 Å². The minimum absolute atomic E-state index is 0.447. The molecular formula is C13H16BrN. The Labute approximate surface area is 99.2 Å². The van der Waals surface area contributed by atoms with Crippen LogP contribution in [-0.2, 0) is 11.8 Å². The van der Waals surface area contributed by atoms with E-state index in [-0.39, 0.29) is 0 Å². The Balaban J connectivity index is 2.14. The van der Waals surface area contributed by atoms with Gasteiger partial charge >= 0.3 is 0 Å². The van der Waals surface area contributed by atoms with Crippen molar-refractivity contribution in [3.05, 3.63) is 33.8 Å². The maximum atomic E-state index is 5.91. The second-order valence-corrected chi connectivity index (χ2v) is 5.76. The molecule has 1 aromatic rings. The van der Waals surface area contributed by atoms with Crippen LogP contribution in [0.15, 0.2) is 22.7 Å². The van der Waals surface area contributed by atoms with Crippen LogP contribution in [0.1, 0.15) is 30.4 Å². The standard InChI is InChI=1S/C13H16BrN/c14-11-3-1-2-9-4-5-10(8-15)13(6-7-13)12(9)11/h1-3,10H,4-8,15H2. The zero-order valence-electron chi connectivity index (χ0n) is 8.80. The zero-order valence-corrected chi connectivity index (χ0v) is 10.4. The average Bonchev–Trinajstić information content (AvgIpc) is 3.00. The van der Waals surface area contributed by atoms with E-state index in [1.54, 1.807) is 11.1 Å². The summed E-state index contributed by atoms with van der Waals surface area (Å²) in [7, 11) is 0. The minimum atomic E-state index is 0.447. The number of aryl methyl sites for hydroxylation is 1. The van der Waals surface area contributed by atoms with Crippen molar-refractivity contribution < 1.29 is 0 Å². The summed E-state index contributed by atoms with van der Waals surface area (Å²) in [4.78, 5) is 0. The van der Waals surface area contributed by atoms with Crippen LogP contribution in [0.5, 0.6) is 0 Å². The number of rotatable bonds is 1.